The Morgan fingerprint density at radius 3 is 2.74 bits per heavy atom. The minimum atomic E-state index is -0.563. The Labute approximate surface area is 134 Å². The third kappa shape index (κ3) is 3.51. The molecular formula is C18H17N3O2. The number of ether oxygens (including phenoxy) is 1. The van der Waals surface area contributed by atoms with Gasteiger partial charge >= 0.3 is 6.01 Å². The number of hydrogen-bond donors (Lipinski definition) is 0. The van der Waals surface area contributed by atoms with E-state index in [1.165, 1.54) is 12.7 Å². The lowest BCUT2D eigenvalue weighted by atomic mass is 9.76. The molecule has 5 nitrogen and oxygen atoms in total. The Hall–Kier alpha value is -2.82. The standard InChI is InChI=1S/C18H17N3O2/c1-18(16(22)14-6-4-2-3-5-7-14)10-8-15(9-11-18)23-17-20-12-19-13-21-17/h2-4,6-10,12-13H,5,11H2,1H3. The average molecular weight is 307 g/mol. The zero-order chi connectivity index (χ0) is 16.1. The summed E-state index contributed by atoms with van der Waals surface area (Å²) in [5.41, 5.74) is 0.185. The van der Waals surface area contributed by atoms with Gasteiger partial charge in [-0.15, -0.1) is 0 Å². The number of hydrogen-bond acceptors (Lipinski definition) is 5. The summed E-state index contributed by atoms with van der Waals surface area (Å²) < 4.78 is 5.56. The molecule has 0 aromatic carbocycles. The summed E-state index contributed by atoms with van der Waals surface area (Å²) in [6.07, 6.45) is 19.4. The number of nitrogens with zero attached hydrogens (tertiary/aromatic N) is 3. The first-order valence-electron chi connectivity index (χ1n) is 7.45. The molecule has 0 bridgehead atoms. The molecule has 5 heteroatoms. The van der Waals surface area contributed by atoms with Crippen LogP contribution in [0, 0.1) is 5.41 Å². The van der Waals surface area contributed by atoms with Crippen LogP contribution in [0.1, 0.15) is 19.8 Å². The lowest BCUT2D eigenvalue weighted by molar-refractivity contribution is -0.121. The number of aromatic nitrogens is 3. The predicted octanol–water partition coefficient (Wildman–Crippen LogP) is 3.11. The molecule has 116 valence electrons. The molecule has 1 aromatic heterocycles. The molecule has 2 aliphatic carbocycles. The second-order valence-corrected chi connectivity index (χ2v) is 5.60. The molecule has 0 amide bonds. The molecule has 1 atom stereocenters. The van der Waals surface area contributed by atoms with Crippen molar-refractivity contribution < 1.29 is 9.53 Å². The quantitative estimate of drug-likeness (QED) is 0.855. The van der Waals surface area contributed by atoms with E-state index in [4.69, 9.17) is 4.74 Å². The highest BCUT2D eigenvalue weighted by atomic mass is 16.5. The summed E-state index contributed by atoms with van der Waals surface area (Å²) in [5, 5.41) is 0. The van der Waals surface area contributed by atoms with Crippen molar-refractivity contribution in [3.05, 3.63) is 72.6 Å². The smallest absolute Gasteiger partial charge is 0.324 e. The Balaban J connectivity index is 1.70. The van der Waals surface area contributed by atoms with E-state index in [-0.39, 0.29) is 11.8 Å². The molecule has 1 heterocycles. The van der Waals surface area contributed by atoms with Gasteiger partial charge in [-0.25, -0.2) is 4.98 Å². The molecule has 23 heavy (non-hydrogen) atoms. The number of ketones is 1. The second-order valence-electron chi connectivity index (χ2n) is 5.60. The Kier molecular flexibility index (Phi) is 4.28. The maximum atomic E-state index is 12.8. The first kappa shape index (κ1) is 15.1. The van der Waals surface area contributed by atoms with Gasteiger partial charge in [0.25, 0.3) is 0 Å². The summed E-state index contributed by atoms with van der Waals surface area (Å²) in [4.78, 5) is 24.4. The molecule has 0 aliphatic heterocycles. The Morgan fingerprint density at radius 2 is 2.00 bits per heavy atom. The van der Waals surface area contributed by atoms with Crippen LogP contribution in [0.25, 0.3) is 0 Å². The molecule has 1 unspecified atom stereocenters. The molecule has 2 aliphatic rings. The summed E-state index contributed by atoms with van der Waals surface area (Å²) >= 11 is 0. The molecule has 0 spiro atoms. The van der Waals surface area contributed by atoms with Gasteiger partial charge in [0.1, 0.15) is 18.4 Å². The van der Waals surface area contributed by atoms with Crippen molar-refractivity contribution in [2.75, 3.05) is 0 Å². The molecule has 3 rings (SSSR count). The topological polar surface area (TPSA) is 65.0 Å². The van der Waals surface area contributed by atoms with E-state index in [1.807, 2.05) is 49.5 Å². The van der Waals surface area contributed by atoms with Gasteiger partial charge in [-0.2, -0.15) is 9.97 Å². The van der Waals surface area contributed by atoms with E-state index >= 15 is 0 Å². The van der Waals surface area contributed by atoms with Crippen LogP contribution in [0.5, 0.6) is 6.01 Å². The van der Waals surface area contributed by atoms with E-state index in [2.05, 4.69) is 15.0 Å². The molecule has 1 aromatic rings. The van der Waals surface area contributed by atoms with Crippen molar-refractivity contribution in [3.63, 3.8) is 0 Å². The molecule has 0 N–H and O–H groups in total. The SMILES string of the molecule is CC1(C(=O)C2=CCC=CC=C2)C=CC(Oc2ncncn2)=CC1. The van der Waals surface area contributed by atoms with Crippen molar-refractivity contribution in [3.8, 4) is 6.01 Å². The van der Waals surface area contributed by atoms with Crippen LogP contribution in [-0.2, 0) is 4.79 Å². The van der Waals surface area contributed by atoms with Gasteiger partial charge in [0.2, 0.25) is 0 Å². The van der Waals surface area contributed by atoms with Crippen molar-refractivity contribution in [2.24, 2.45) is 5.41 Å². The van der Waals surface area contributed by atoms with Crippen molar-refractivity contribution in [1.29, 1.82) is 0 Å². The molecule has 0 saturated heterocycles. The highest BCUT2D eigenvalue weighted by Gasteiger charge is 2.33. The minimum Gasteiger partial charge on any atom is -0.425 e. The Morgan fingerprint density at radius 1 is 1.17 bits per heavy atom. The first-order chi connectivity index (χ1) is 11.2. The number of allylic oxidation sites excluding steroid dienone is 9. The maximum absolute atomic E-state index is 12.8. The van der Waals surface area contributed by atoms with Crippen LogP contribution in [0.15, 0.2) is 72.6 Å². The number of carbonyl (C=O) groups excluding carboxylic acids is 1. The van der Waals surface area contributed by atoms with Crippen LogP contribution in [-0.4, -0.2) is 20.7 Å². The van der Waals surface area contributed by atoms with E-state index in [1.54, 1.807) is 6.08 Å². The summed E-state index contributed by atoms with van der Waals surface area (Å²) in [6.45, 7) is 1.94. The van der Waals surface area contributed by atoms with Gasteiger partial charge in [-0.05, 0) is 31.9 Å². The summed E-state index contributed by atoms with van der Waals surface area (Å²) in [5.74, 6) is 0.748. The fraction of sp³-hybridized carbons (Fsp3) is 0.222. The number of Topliss-reactive ketones (excluding diaryl/α,β-unsaturated/α-hetero) is 1. The molecule has 0 radical (unpaired) electrons. The van der Waals surface area contributed by atoms with Gasteiger partial charge in [0.15, 0.2) is 5.78 Å². The fourth-order valence-electron chi connectivity index (χ4n) is 2.42. The highest BCUT2D eigenvalue weighted by molar-refractivity contribution is 6.03. The first-order valence-corrected chi connectivity index (χ1v) is 7.45. The number of rotatable bonds is 4. The van der Waals surface area contributed by atoms with Gasteiger partial charge in [-0.3, -0.25) is 4.79 Å². The van der Waals surface area contributed by atoms with Gasteiger partial charge in [0, 0.05) is 5.57 Å². The van der Waals surface area contributed by atoms with E-state index in [9.17, 15) is 4.79 Å². The van der Waals surface area contributed by atoms with Crippen LogP contribution in [0.2, 0.25) is 0 Å². The Bertz CT molecular complexity index is 745. The van der Waals surface area contributed by atoms with Gasteiger partial charge in [0.05, 0.1) is 5.41 Å². The third-order valence-electron chi connectivity index (χ3n) is 3.80. The van der Waals surface area contributed by atoms with Crippen LogP contribution in [0.3, 0.4) is 0 Å². The number of carbonyl (C=O) groups is 1. The highest BCUT2D eigenvalue weighted by Crippen LogP contribution is 2.33. The van der Waals surface area contributed by atoms with Crippen molar-refractivity contribution in [1.82, 2.24) is 15.0 Å². The largest absolute Gasteiger partial charge is 0.425 e. The monoisotopic (exact) mass is 307 g/mol. The maximum Gasteiger partial charge on any atom is 0.324 e. The zero-order valence-electron chi connectivity index (χ0n) is 12.8. The fourth-order valence-corrected chi connectivity index (χ4v) is 2.42. The molecule has 0 fully saturated rings. The van der Waals surface area contributed by atoms with Gasteiger partial charge in [-0.1, -0.05) is 36.5 Å². The lowest BCUT2D eigenvalue weighted by Gasteiger charge is -2.26. The van der Waals surface area contributed by atoms with Crippen molar-refractivity contribution >= 4 is 5.78 Å². The van der Waals surface area contributed by atoms with Crippen molar-refractivity contribution in [2.45, 2.75) is 19.8 Å². The van der Waals surface area contributed by atoms with Gasteiger partial charge < -0.3 is 4.74 Å². The van der Waals surface area contributed by atoms with Crippen LogP contribution >= 0.6 is 0 Å². The molecular weight excluding hydrogens is 290 g/mol. The second kappa shape index (κ2) is 6.52. The lowest BCUT2D eigenvalue weighted by Crippen LogP contribution is -2.28. The predicted molar refractivity (Wildman–Crippen MR) is 86.4 cm³/mol. The average Bonchev–Trinajstić information content (AvgIpc) is 2.87. The minimum absolute atomic E-state index is 0.115. The summed E-state index contributed by atoms with van der Waals surface area (Å²) in [6, 6.07) is 0.242. The van der Waals surface area contributed by atoms with Crippen LogP contribution in [0.4, 0.5) is 0 Å². The van der Waals surface area contributed by atoms with Crippen LogP contribution < -0.4 is 4.74 Å². The molecule has 0 saturated carbocycles. The zero-order valence-corrected chi connectivity index (χ0v) is 12.8. The van der Waals surface area contributed by atoms with E-state index in [0.717, 1.165) is 12.0 Å². The van der Waals surface area contributed by atoms with E-state index in [0.29, 0.717) is 12.2 Å². The van der Waals surface area contributed by atoms with E-state index < -0.39 is 5.41 Å². The summed E-state index contributed by atoms with van der Waals surface area (Å²) in [7, 11) is 0. The third-order valence-corrected chi connectivity index (χ3v) is 3.80. The normalized spacial score (nSPS) is 23.0.